The Hall–Kier alpha value is -5.16. The largest absolute Gasteiger partial charge is 0.508 e. The predicted molar refractivity (Wildman–Crippen MR) is 254 cm³/mol. The van der Waals surface area contributed by atoms with Crippen molar-refractivity contribution in [1.82, 2.24) is 20.0 Å². The third-order valence-corrected chi connectivity index (χ3v) is 14.2. The summed E-state index contributed by atoms with van der Waals surface area (Å²) in [7, 11) is 8.08. The number of phenolic OH excluding ortho intramolecular Hbond substituents is 1. The van der Waals surface area contributed by atoms with Crippen LogP contribution in [0.25, 0.3) is 0 Å². The summed E-state index contributed by atoms with van der Waals surface area (Å²) in [5, 5.41) is 13.1. The molecule has 3 aromatic rings. The van der Waals surface area contributed by atoms with E-state index < -0.39 is 0 Å². The summed E-state index contributed by atoms with van der Waals surface area (Å²) in [6, 6.07) is 19.3. The molecule has 3 atom stereocenters. The van der Waals surface area contributed by atoms with Crippen LogP contribution < -0.4 is 10.2 Å². The number of anilines is 1. The van der Waals surface area contributed by atoms with Crippen LogP contribution in [-0.2, 0) is 29.1 Å². The zero-order chi connectivity index (χ0) is 44.9. The molecular weight excluding hydrogens is 787 g/mol. The van der Waals surface area contributed by atoms with Crippen LogP contribution in [0.3, 0.4) is 0 Å². The van der Waals surface area contributed by atoms with Crippen molar-refractivity contribution in [3.63, 3.8) is 0 Å². The average molecular weight is 856 g/mol. The number of carbonyl (C=O) groups is 4. The van der Waals surface area contributed by atoms with Crippen LogP contribution >= 0.6 is 0 Å². The van der Waals surface area contributed by atoms with Crippen LogP contribution in [0.2, 0.25) is 0 Å². The van der Waals surface area contributed by atoms with Crippen LogP contribution in [0.1, 0.15) is 112 Å². The lowest BCUT2D eigenvalue weighted by molar-refractivity contribution is -0.109. The minimum Gasteiger partial charge on any atom is -0.508 e. The first-order valence-corrected chi connectivity index (χ1v) is 22.9. The first-order chi connectivity index (χ1) is 30.5. The van der Waals surface area contributed by atoms with Gasteiger partial charge in [-0.15, -0.1) is 0 Å². The van der Waals surface area contributed by atoms with E-state index >= 15 is 0 Å². The van der Waals surface area contributed by atoms with Crippen LogP contribution in [0.15, 0.2) is 90.7 Å². The molecule has 1 spiro atoms. The number of aryl methyl sites for hydroxylation is 1. The van der Waals surface area contributed by atoms with Gasteiger partial charge in [0.25, 0.3) is 0 Å². The van der Waals surface area contributed by atoms with E-state index in [2.05, 4.69) is 82.2 Å². The van der Waals surface area contributed by atoms with Crippen molar-refractivity contribution in [2.45, 2.75) is 89.3 Å². The molecule has 3 aliphatic heterocycles. The number of aromatic hydroxyl groups is 1. The fourth-order valence-electron chi connectivity index (χ4n) is 10.3. The van der Waals surface area contributed by atoms with Gasteiger partial charge in [0, 0.05) is 74.1 Å². The van der Waals surface area contributed by atoms with E-state index in [-0.39, 0.29) is 6.04 Å². The summed E-state index contributed by atoms with van der Waals surface area (Å²) in [5.74, 6) is 1.25. The fraction of sp³-hybridized carbons (Fsp3) is 0.472. The summed E-state index contributed by atoms with van der Waals surface area (Å²) in [6.45, 7) is 10.5. The molecule has 0 saturated carbocycles. The van der Waals surface area contributed by atoms with Crippen molar-refractivity contribution in [2.24, 2.45) is 11.3 Å². The monoisotopic (exact) mass is 856 g/mol. The number of aldehydes is 4. The molecule has 10 heteroatoms. The number of phenols is 1. The number of benzene rings is 3. The summed E-state index contributed by atoms with van der Waals surface area (Å²) in [6.07, 6.45) is 21.7. The van der Waals surface area contributed by atoms with Crippen LogP contribution in [-0.4, -0.2) is 112 Å². The number of likely N-dealkylation sites (tertiary alicyclic amines) is 1. The van der Waals surface area contributed by atoms with E-state index in [0.717, 1.165) is 61.5 Å². The van der Waals surface area contributed by atoms with Gasteiger partial charge in [-0.25, -0.2) is 0 Å². The van der Waals surface area contributed by atoms with E-state index in [1.807, 2.05) is 38.2 Å². The highest BCUT2D eigenvalue weighted by Crippen LogP contribution is 2.47. The Morgan fingerprint density at radius 3 is 2.08 bits per heavy atom. The third-order valence-electron chi connectivity index (χ3n) is 14.2. The quantitative estimate of drug-likeness (QED) is 0.164. The highest BCUT2D eigenvalue weighted by atomic mass is 16.3. The number of hydrogen-bond donors (Lipinski definition) is 2. The van der Waals surface area contributed by atoms with Crippen molar-refractivity contribution in [2.75, 3.05) is 65.8 Å². The summed E-state index contributed by atoms with van der Waals surface area (Å²) < 4.78 is 0. The molecule has 2 aliphatic carbocycles. The molecule has 10 nitrogen and oxygen atoms in total. The second-order valence-electron chi connectivity index (χ2n) is 18.4. The van der Waals surface area contributed by atoms with Crippen molar-refractivity contribution in [1.29, 1.82) is 0 Å². The molecule has 0 amide bonds. The lowest BCUT2D eigenvalue weighted by atomic mass is 9.68. The van der Waals surface area contributed by atoms with Gasteiger partial charge in [0.05, 0.1) is 6.54 Å². The molecule has 2 fully saturated rings. The Kier molecular flexibility index (Phi) is 16.9. The number of likely N-dealkylation sites (N-methyl/N-ethyl adjacent to an activating group) is 2. The van der Waals surface area contributed by atoms with Gasteiger partial charge in [0.2, 0.25) is 0 Å². The predicted octanol–water partition coefficient (Wildman–Crippen LogP) is 8.13. The minimum atomic E-state index is 0.250. The zero-order valence-electron chi connectivity index (χ0n) is 38.1. The maximum absolute atomic E-state index is 10.8. The van der Waals surface area contributed by atoms with Gasteiger partial charge in [0.15, 0.2) is 12.6 Å². The number of fused-ring (bicyclic) bond motifs is 2. The van der Waals surface area contributed by atoms with E-state index in [9.17, 15) is 24.3 Å². The third kappa shape index (κ3) is 11.9. The maximum atomic E-state index is 10.8. The van der Waals surface area contributed by atoms with Crippen molar-refractivity contribution in [3.8, 4) is 5.75 Å². The standard InChI is InChI=1S/C32H40N2O.C12H11NO3.C9H18N2O/c1-33-19-15-32(16-20-33)17-21-34(22-18-32)27-10-7-25(8-11-27)31-29(24-5-3-2-4-6-24)13-9-26-23-28(35)12-14-30(26)31;14-2-1-13-5-9-3-11(7-15)12(8-16)4-10(9)6-13;1-8(10-2)9(11(3)4)6-5-7-12/h3,5-8,10-12,14,23,29,31,35H,2,4,9,13,15-22H2,1H3;2-4,7-8H,1,5-6H2;7,9-10H,1,5-6H2,2-4H3/t29-,31+;;/m1../s1. The summed E-state index contributed by atoms with van der Waals surface area (Å²) in [4.78, 5) is 51.2. The van der Waals surface area contributed by atoms with Crippen LogP contribution in [0.4, 0.5) is 5.69 Å². The van der Waals surface area contributed by atoms with E-state index in [1.165, 1.54) is 79.8 Å². The molecule has 336 valence electrons. The van der Waals surface area contributed by atoms with Gasteiger partial charge in [-0.1, -0.05) is 43.0 Å². The van der Waals surface area contributed by atoms with Gasteiger partial charge in [-0.05, 0) is 173 Å². The Morgan fingerprint density at radius 2 is 1.52 bits per heavy atom. The second kappa shape index (κ2) is 22.5. The van der Waals surface area contributed by atoms with Gasteiger partial charge in [0.1, 0.15) is 18.3 Å². The molecule has 63 heavy (non-hydrogen) atoms. The van der Waals surface area contributed by atoms with Crippen LogP contribution in [0.5, 0.6) is 5.75 Å². The lowest BCUT2D eigenvalue weighted by Gasteiger charge is -2.47. The van der Waals surface area contributed by atoms with Gasteiger partial charge in [-0.3, -0.25) is 14.5 Å². The summed E-state index contributed by atoms with van der Waals surface area (Å²) in [5.41, 5.74) is 11.4. The maximum Gasteiger partial charge on any atom is 0.150 e. The number of carbonyl (C=O) groups excluding carboxylic acids is 4. The smallest absolute Gasteiger partial charge is 0.150 e. The molecule has 3 aromatic carbocycles. The molecule has 3 heterocycles. The number of rotatable bonds is 13. The van der Waals surface area contributed by atoms with E-state index in [1.54, 1.807) is 12.1 Å². The zero-order valence-corrected chi connectivity index (χ0v) is 38.1. The van der Waals surface area contributed by atoms with Crippen molar-refractivity contribution in [3.05, 3.63) is 130 Å². The topological polar surface area (TPSA) is 114 Å². The molecule has 0 radical (unpaired) electrons. The number of nitrogens with zero attached hydrogens (tertiary/aromatic N) is 4. The van der Waals surface area contributed by atoms with E-state index in [4.69, 9.17) is 0 Å². The SMILES string of the molecule is C=C(NC)C(CCC=O)N(C)C.CN1CCC2(CC1)CCN(c1ccc([C@@H]3c4ccc(O)cc4CC[C@@H]3C3=CCCC=C3)cc1)CC2.O=CCN1Cc2cc(C=O)c(C=O)cc2C1. The van der Waals surface area contributed by atoms with Gasteiger partial charge in [-0.2, -0.15) is 0 Å². The first kappa shape index (κ1) is 47.3. The molecule has 0 aromatic heterocycles. The molecule has 2 N–H and O–H groups in total. The Balaban J connectivity index is 0.000000195. The minimum absolute atomic E-state index is 0.250. The van der Waals surface area contributed by atoms with Crippen molar-refractivity contribution >= 4 is 30.8 Å². The molecule has 8 rings (SSSR count). The molecule has 1 unspecified atom stereocenters. The number of nitrogens with one attached hydrogen (secondary N) is 1. The summed E-state index contributed by atoms with van der Waals surface area (Å²) >= 11 is 0. The second-order valence-corrected chi connectivity index (χ2v) is 18.4. The van der Waals surface area contributed by atoms with E-state index in [0.29, 0.717) is 72.8 Å². The fourth-order valence-corrected chi connectivity index (χ4v) is 10.3. The molecule has 5 aliphatic rings. The first-order valence-electron chi connectivity index (χ1n) is 22.9. The number of piperidine rings is 2. The average Bonchev–Trinajstić information content (AvgIpc) is 3.71. The van der Waals surface area contributed by atoms with Gasteiger partial charge < -0.3 is 34.7 Å². The molecule has 0 bridgehead atoms. The Labute approximate surface area is 375 Å². The molecule has 2 saturated heterocycles. The number of allylic oxidation sites excluding steroid dienone is 4. The number of hydrogen-bond acceptors (Lipinski definition) is 10. The molecular formula is C53H69N5O5. The van der Waals surface area contributed by atoms with Crippen LogP contribution in [0, 0.1) is 11.3 Å². The van der Waals surface area contributed by atoms with Gasteiger partial charge >= 0.3 is 0 Å². The highest BCUT2D eigenvalue weighted by molar-refractivity contribution is 5.91. The Bertz CT molecular complexity index is 2070. The normalized spacial score (nSPS) is 20.8. The Morgan fingerprint density at radius 1 is 0.873 bits per heavy atom. The van der Waals surface area contributed by atoms with Crippen molar-refractivity contribution < 1.29 is 24.3 Å². The lowest BCUT2D eigenvalue weighted by Crippen LogP contribution is -2.46. The highest BCUT2D eigenvalue weighted by Gasteiger charge is 2.37.